The van der Waals surface area contributed by atoms with Crippen LogP contribution in [0.5, 0.6) is 17.2 Å². The molecule has 0 spiro atoms. The van der Waals surface area contributed by atoms with Crippen molar-refractivity contribution in [2.75, 3.05) is 44.8 Å². The van der Waals surface area contributed by atoms with Gasteiger partial charge in [0.2, 0.25) is 11.7 Å². The lowest BCUT2D eigenvalue weighted by molar-refractivity contribution is -0.114. The van der Waals surface area contributed by atoms with Crippen LogP contribution in [0.4, 0.5) is 11.4 Å². The Hall–Kier alpha value is -5.75. The van der Waals surface area contributed by atoms with Crippen LogP contribution in [-0.2, 0) is 14.3 Å². The van der Waals surface area contributed by atoms with E-state index >= 15 is 0 Å². The highest BCUT2D eigenvalue weighted by Gasteiger charge is 2.18. The minimum absolute atomic E-state index is 0.0341. The highest BCUT2D eigenvalue weighted by Crippen LogP contribution is 2.38. The minimum Gasteiger partial charge on any atom is -0.493 e. The third-order valence-corrected chi connectivity index (χ3v) is 7.59. The summed E-state index contributed by atoms with van der Waals surface area (Å²) in [7, 11) is 5.71. The number of ether oxygens (including phenoxy) is 4. The lowest BCUT2D eigenvalue weighted by Gasteiger charge is -2.15. The molecule has 47 heavy (non-hydrogen) atoms. The number of esters is 1. The Kier molecular flexibility index (Phi) is 12.0. The second-order valence-corrected chi connectivity index (χ2v) is 10.7. The van der Waals surface area contributed by atoms with Gasteiger partial charge in [0.1, 0.15) is 5.70 Å². The summed E-state index contributed by atoms with van der Waals surface area (Å²) in [5.74, 6) is -0.819. The number of nitrogens with one attached hydrogen (secondary N) is 3. The Bertz CT molecular complexity index is 1770. The first-order chi connectivity index (χ1) is 22.8. The van der Waals surface area contributed by atoms with E-state index in [1.807, 2.05) is 0 Å². The average Bonchev–Trinajstić information content (AvgIpc) is 3.10. The molecule has 0 bridgehead atoms. The molecule has 0 aliphatic carbocycles. The number of methoxy groups -OCH3 is 4. The quantitative estimate of drug-likeness (QED) is 0.0948. The molecule has 11 nitrogen and oxygen atoms in total. The number of benzene rings is 4. The van der Waals surface area contributed by atoms with Gasteiger partial charge < -0.3 is 34.9 Å². The van der Waals surface area contributed by atoms with Gasteiger partial charge in [-0.05, 0) is 66.2 Å². The fourth-order valence-corrected chi connectivity index (χ4v) is 5.13. The molecular weight excluding hydrogens is 622 g/mol. The molecule has 4 aromatic rings. The highest BCUT2D eigenvalue weighted by molar-refractivity contribution is 8.00. The summed E-state index contributed by atoms with van der Waals surface area (Å²) in [6, 6.07) is 25.3. The van der Waals surface area contributed by atoms with Gasteiger partial charge in [-0.2, -0.15) is 0 Å². The van der Waals surface area contributed by atoms with E-state index in [0.717, 1.165) is 0 Å². The smallest absolute Gasteiger partial charge is 0.339 e. The molecule has 0 saturated carbocycles. The fourth-order valence-electron chi connectivity index (χ4n) is 4.37. The Balaban J connectivity index is 1.53. The maximum atomic E-state index is 13.6. The summed E-state index contributed by atoms with van der Waals surface area (Å²) < 4.78 is 21.1. The lowest BCUT2D eigenvalue weighted by Crippen LogP contribution is -2.30. The van der Waals surface area contributed by atoms with Crippen LogP contribution in [0.1, 0.15) is 26.3 Å². The van der Waals surface area contributed by atoms with E-state index in [2.05, 4.69) is 16.0 Å². The van der Waals surface area contributed by atoms with Gasteiger partial charge in [0.05, 0.1) is 45.4 Å². The molecule has 0 radical (unpaired) electrons. The fraction of sp³-hybridized carbons (Fsp3) is 0.143. The van der Waals surface area contributed by atoms with Gasteiger partial charge in [0.15, 0.2) is 11.5 Å². The van der Waals surface area contributed by atoms with Crippen LogP contribution < -0.4 is 30.2 Å². The van der Waals surface area contributed by atoms with Crippen LogP contribution in [0.3, 0.4) is 0 Å². The van der Waals surface area contributed by atoms with E-state index in [-0.39, 0.29) is 22.9 Å². The number of hydrogen-bond donors (Lipinski definition) is 3. The topological polar surface area (TPSA) is 141 Å². The number of carbonyl (C=O) groups is 4. The van der Waals surface area contributed by atoms with E-state index < -0.39 is 17.8 Å². The molecule has 4 rings (SSSR count). The Morgan fingerprint density at radius 1 is 0.745 bits per heavy atom. The minimum atomic E-state index is -0.595. The average molecular weight is 656 g/mol. The molecule has 0 aromatic heterocycles. The molecule has 0 atom stereocenters. The van der Waals surface area contributed by atoms with Gasteiger partial charge in [-0.3, -0.25) is 14.4 Å². The van der Waals surface area contributed by atoms with Crippen molar-refractivity contribution in [1.29, 1.82) is 0 Å². The van der Waals surface area contributed by atoms with E-state index in [4.69, 9.17) is 18.9 Å². The van der Waals surface area contributed by atoms with Crippen LogP contribution >= 0.6 is 11.8 Å². The zero-order valence-corrected chi connectivity index (χ0v) is 26.9. The van der Waals surface area contributed by atoms with Gasteiger partial charge in [0, 0.05) is 16.1 Å². The zero-order valence-electron chi connectivity index (χ0n) is 26.1. The number of rotatable bonds is 13. The van der Waals surface area contributed by atoms with Crippen molar-refractivity contribution >= 4 is 52.9 Å². The standard InChI is InChI=1S/C35H33N3O8S/c1-43-29-18-22(19-30(44-2)32(29)45-3)17-28(38-33(40)23-11-6-5-7-12-23)34(41)36-24-13-10-14-25(20-24)47-21-31(39)37-27-16-9-8-15-26(27)35(42)46-4/h5-20H,21H2,1-4H3,(H,36,41)(H,37,39)(H,38,40)/b28-17+. The second kappa shape index (κ2) is 16.5. The number of anilines is 2. The van der Waals surface area contributed by atoms with Gasteiger partial charge in [-0.15, -0.1) is 11.8 Å². The van der Waals surface area contributed by atoms with Crippen molar-refractivity contribution in [1.82, 2.24) is 5.32 Å². The molecule has 4 aromatic carbocycles. The van der Waals surface area contributed by atoms with Gasteiger partial charge >= 0.3 is 5.97 Å². The van der Waals surface area contributed by atoms with E-state index in [1.54, 1.807) is 91.0 Å². The summed E-state index contributed by atoms with van der Waals surface area (Å²) in [5, 5.41) is 8.26. The number of carbonyl (C=O) groups excluding carboxylic acids is 4. The Morgan fingerprint density at radius 3 is 2.09 bits per heavy atom. The summed E-state index contributed by atoms with van der Waals surface area (Å²) in [6.07, 6.45) is 1.50. The molecule has 0 aliphatic rings. The molecule has 0 heterocycles. The summed E-state index contributed by atoms with van der Waals surface area (Å²) >= 11 is 1.24. The molecule has 0 saturated heterocycles. The maximum Gasteiger partial charge on any atom is 0.339 e. The SMILES string of the molecule is COC(=O)c1ccccc1NC(=O)CSc1cccc(NC(=O)/C(=C\c2cc(OC)c(OC)c(OC)c2)NC(=O)c2ccccc2)c1. The van der Waals surface area contributed by atoms with Crippen molar-refractivity contribution in [3.63, 3.8) is 0 Å². The Morgan fingerprint density at radius 2 is 1.43 bits per heavy atom. The largest absolute Gasteiger partial charge is 0.493 e. The third kappa shape index (κ3) is 9.14. The molecule has 12 heteroatoms. The molecular formula is C35H33N3O8S. The summed E-state index contributed by atoms with van der Waals surface area (Å²) in [5.41, 5.74) is 1.84. The van der Waals surface area contributed by atoms with Crippen LogP contribution in [0.25, 0.3) is 6.08 Å². The van der Waals surface area contributed by atoms with E-state index in [0.29, 0.717) is 44.6 Å². The predicted molar refractivity (Wildman–Crippen MR) is 180 cm³/mol. The van der Waals surface area contributed by atoms with Crippen molar-refractivity contribution < 1.29 is 38.1 Å². The maximum absolute atomic E-state index is 13.6. The number of hydrogen-bond acceptors (Lipinski definition) is 9. The van der Waals surface area contributed by atoms with Crippen molar-refractivity contribution in [2.45, 2.75) is 4.90 Å². The molecule has 3 amide bonds. The van der Waals surface area contributed by atoms with Gasteiger partial charge in [-0.1, -0.05) is 36.4 Å². The molecule has 3 N–H and O–H groups in total. The Labute approximate surface area is 276 Å². The molecule has 242 valence electrons. The van der Waals surface area contributed by atoms with Crippen molar-refractivity contribution in [3.8, 4) is 17.2 Å². The molecule has 0 unspecified atom stereocenters. The first-order valence-electron chi connectivity index (χ1n) is 14.2. The second-order valence-electron chi connectivity index (χ2n) is 9.69. The van der Waals surface area contributed by atoms with Crippen LogP contribution in [0, 0.1) is 0 Å². The third-order valence-electron chi connectivity index (χ3n) is 6.60. The van der Waals surface area contributed by atoms with E-state index in [9.17, 15) is 19.2 Å². The van der Waals surface area contributed by atoms with Gasteiger partial charge in [0.25, 0.3) is 11.8 Å². The first kappa shape index (κ1) is 34.1. The predicted octanol–water partition coefficient (Wildman–Crippen LogP) is 5.64. The van der Waals surface area contributed by atoms with Crippen LogP contribution in [-0.4, -0.2) is 57.9 Å². The lowest BCUT2D eigenvalue weighted by atomic mass is 10.1. The molecule has 0 fully saturated rings. The van der Waals surface area contributed by atoms with Crippen LogP contribution in [0.2, 0.25) is 0 Å². The summed E-state index contributed by atoms with van der Waals surface area (Å²) in [6.45, 7) is 0. The van der Waals surface area contributed by atoms with Crippen molar-refractivity contribution in [2.24, 2.45) is 0 Å². The van der Waals surface area contributed by atoms with Crippen molar-refractivity contribution in [3.05, 3.63) is 113 Å². The number of thioether (sulfide) groups is 1. The van der Waals surface area contributed by atoms with E-state index in [1.165, 1.54) is 46.3 Å². The number of amides is 3. The summed E-state index contributed by atoms with van der Waals surface area (Å²) in [4.78, 5) is 52.1. The van der Waals surface area contributed by atoms with Gasteiger partial charge in [-0.25, -0.2) is 4.79 Å². The monoisotopic (exact) mass is 655 g/mol. The zero-order chi connectivity index (χ0) is 33.8. The number of para-hydroxylation sites is 1. The highest BCUT2D eigenvalue weighted by atomic mass is 32.2. The van der Waals surface area contributed by atoms with Crippen LogP contribution in [0.15, 0.2) is 102 Å². The molecule has 0 aliphatic heterocycles. The first-order valence-corrected chi connectivity index (χ1v) is 15.1. The normalized spacial score (nSPS) is 10.8.